The van der Waals surface area contributed by atoms with E-state index in [0.717, 1.165) is 104 Å². The molecule has 13 aromatic rings. The minimum absolute atomic E-state index is 0. The number of nitro benzene ring substituents is 3. The number of aromatic nitrogens is 8. The summed E-state index contributed by atoms with van der Waals surface area (Å²) in [5.41, 5.74) is 31.2. The fourth-order valence-electron chi connectivity index (χ4n) is 15.7. The van der Waals surface area contributed by atoms with E-state index in [1.165, 1.54) is 44.5 Å². The van der Waals surface area contributed by atoms with Gasteiger partial charge in [0.15, 0.2) is 28.2 Å². The third-order valence-corrected chi connectivity index (χ3v) is 22.9. The molecule has 0 unspecified atom stereocenters. The monoisotopic (exact) mass is 1830 g/mol. The fraction of sp³-hybridized carbons (Fsp3) is 0.154. The zero-order valence-electron chi connectivity index (χ0n) is 65.9. The van der Waals surface area contributed by atoms with Crippen LogP contribution in [0.25, 0.3) is 95.6 Å². The maximum absolute atomic E-state index is 12.3. The van der Waals surface area contributed by atoms with E-state index in [1.807, 2.05) is 105 Å². The number of H-pyrrole nitrogens is 2. The largest absolute Gasteiger partial charge is 0.463 e. The second kappa shape index (κ2) is 35.6. The number of ether oxygens (including phenoxy) is 1. The first-order valence-corrected chi connectivity index (χ1v) is 39.4. The molecular weight excluding hydrogens is 1770 g/mol. The van der Waals surface area contributed by atoms with E-state index in [9.17, 15) is 63.9 Å². The van der Waals surface area contributed by atoms with Crippen molar-refractivity contribution >= 4 is 95.8 Å². The Bertz CT molecular complexity index is 6810. The van der Waals surface area contributed by atoms with Crippen molar-refractivity contribution in [2.75, 3.05) is 6.61 Å². The standard InChI is InChI=1S/C21H16N3O2.C20H14ClN3O3.C20H15N3O4.C18H12BrN3O3.C12H11BrO2.Y/c1-11-5-3-4-6-15(11)19-18-16-8-7-13(12(2)25)9-14(16)10-17(18)20(21(22)26)24-23-19;1-10-14(4-3-5-17(10)24(26)27)19-18-15-7-6-12(11(2)25)8-13(15)9-16(18)20(21)23-22-19;1-10-14(4-3-5-17(10)23(26)27)19-18-15-7-6-12(11(2)24)8-13(15)9-16(18)20(25)22-21-19;1-9-12(3-2-4-15(9)22(24)25)17-16-13-6-5-11(19)7-10(13)8-14(16)18(23)21-20-17;1-2-15-12(14)10-5-8-3-4-11(13)7-9(8)6-10;/h3-4,6-9H,10H2,1-2H3,(H2,22,26);3-8H,9H2,1-2H3;3-8H,9H2,1-2H3,(H,22,25);2-7H,8H2,1H3,(H,21,23);3-5,7H,2,6H2,1H3;/q-1;;;;;. The molecule has 0 spiro atoms. The summed E-state index contributed by atoms with van der Waals surface area (Å²) in [5.74, 6) is -0.855. The summed E-state index contributed by atoms with van der Waals surface area (Å²) >= 11 is 13.2. The molecule has 0 saturated carbocycles. The van der Waals surface area contributed by atoms with Crippen LogP contribution >= 0.6 is 43.5 Å². The Morgan fingerprint density at radius 3 is 1.31 bits per heavy atom. The summed E-state index contributed by atoms with van der Waals surface area (Å²) < 4.78 is 6.95. The molecule has 9 aromatic carbocycles. The Morgan fingerprint density at radius 1 is 0.479 bits per heavy atom. The van der Waals surface area contributed by atoms with Gasteiger partial charge in [-0.05, 0) is 158 Å². The molecule has 4 N–H and O–H groups in total. The van der Waals surface area contributed by atoms with E-state index in [2.05, 4.69) is 78.7 Å². The SMILES string of the molecule is CC(=O)c1ccc2c(c1)Cc1c(C(N)=O)nnc(-c3ccc[c-]c3C)c1-2.CC(=O)c1ccc2c(c1)Cc1c(Cl)nnc(-c3cccc([N+](=O)[O-])c3C)c1-2.CC(=O)c1ccc2c(c1)Cc1c-2c(-c2cccc([N+](=O)[O-])c2C)n[nH]c1=O.CCOC(=O)C1=Cc2ccc(Br)cc2C1.Cc1c(-c2n[nH]c(=O)c3c2-c2ccc(Br)cc2C3)cccc1[N+](=O)[O-].[Y]. The van der Waals surface area contributed by atoms with Crippen LogP contribution < -0.4 is 16.9 Å². The summed E-state index contributed by atoms with van der Waals surface area (Å²) in [6.07, 6.45) is 4.53. The van der Waals surface area contributed by atoms with Crippen LogP contribution in [0.2, 0.25) is 5.15 Å². The molecular formula is C91H68Br2ClN12O14Y-. The zero-order valence-corrected chi connectivity index (χ0v) is 72.7. The molecule has 4 heterocycles. The number of benzene rings is 9. The van der Waals surface area contributed by atoms with Crippen molar-refractivity contribution in [2.24, 2.45) is 5.73 Å². The van der Waals surface area contributed by atoms with Crippen LogP contribution in [-0.2, 0) is 74.3 Å². The molecule has 30 heteroatoms. The number of carbonyl (C=O) groups is 5. The average Bonchev–Trinajstić information content (AvgIpc) is 1.62. The van der Waals surface area contributed by atoms with Crippen LogP contribution in [0.3, 0.4) is 0 Å². The summed E-state index contributed by atoms with van der Waals surface area (Å²) in [4.78, 5) is 116. The zero-order chi connectivity index (χ0) is 85.6. The Kier molecular flexibility index (Phi) is 25.3. The van der Waals surface area contributed by atoms with Gasteiger partial charge in [-0.25, -0.2) is 15.0 Å². The number of amides is 1. The van der Waals surface area contributed by atoms with Crippen LogP contribution in [0.4, 0.5) is 17.1 Å². The molecule has 0 atom stereocenters. The predicted molar refractivity (Wildman–Crippen MR) is 460 cm³/mol. The van der Waals surface area contributed by atoms with E-state index in [-0.39, 0.29) is 89.9 Å². The molecule has 0 saturated heterocycles. The van der Waals surface area contributed by atoms with Crippen molar-refractivity contribution in [1.82, 2.24) is 40.8 Å². The van der Waals surface area contributed by atoms with Gasteiger partial charge in [0.05, 0.1) is 32.8 Å². The average molecular weight is 1840 g/mol. The van der Waals surface area contributed by atoms with Gasteiger partial charge < -0.3 is 10.5 Å². The van der Waals surface area contributed by atoms with E-state index in [0.29, 0.717) is 133 Å². The van der Waals surface area contributed by atoms with Gasteiger partial charge in [0.25, 0.3) is 34.1 Å². The van der Waals surface area contributed by atoms with Crippen LogP contribution in [0, 0.1) is 64.1 Å². The number of ketones is 3. The maximum Gasteiger partial charge on any atom is 0.334 e. The van der Waals surface area contributed by atoms with Gasteiger partial charge in [-0.1, -0.05) is 135 Å². The van der Waals surface area contributed by atoms with E-state index in [1.54, 1.807) is 81.4 Å². The Morgan fingerprint density at radius 2 is 0.868 bits per heavy atom. The first-order valence-electron chi connectivity index (χ1n) is 37.5. The van der Waals surface area contributed by atoms with Crippen molar-refractivity contribution in [2.45, 2.75) is 87.5 Å². The number of nitrogens with zero attached hydrogens (tertiary/aromatic N) is 9. The number of aromatic amines is 2. The molecule has 5 aliphatic carbocycles. The number of nitrogens with one attached hydrogen (secondary N) is 2. The number of Topliss-reactive ketones (excluding diaryl/α,β-unsaturated/α-hetero) is 3. The molecule has 121 heavy (non-hydrogen) atoms. The minimum atomic E-state index is -0.601. The fourth-order valence-corrected chi connectivity index (χ4v) is 16.7. The molecule has 1 amide bonds. The number of fused-ring (bicyclic) bond motifs is 13. The van der Waals surface area contributed by atoms with Crippen molar-refractivity contribution in [3.05, 3.63) is 341 Å². The van der Waals surface area contributed by atoms with Crippen molar-refractivity contribution < 1.29 is 76.2 Å². The predicted octanol–water partition coefficient (Wildman–Crippen LogP) is 18.3. The number of aryl methyl sites for hydroxylation is 1. The molecule has 0 bridgehead atoms. The molecule has 0 fully saturated rings. The first-order chi connectivity index (χ1) is 57.4. The quantitative estimate of drug-likeness (QED) is 0.0317. The maximum atomic E-state index is 12.3. The number of nitro groups is 3. The molecule has 4 aromatic heterocycles. The van der Waals surface area contributed by atoms with Crippen molar-refractivity contribution in [3.8, 4) is 89.5 Å². The number of rotatable bonds is 13. The molecule has 26 nitrogen and oxygen atoms in total. The number of nitrogens with two attached hydrogens (primary N) is 1. The van der Waals surface area contributed by atoms with Gasteiger partial charge >= 0.3 is 5.97 Å². The number of halogens is 3. The third kappa shape index (κ3) is 17.0. The topological polar surface area (TPSA) is 393 Å². The summed E-state index contributed by atoms with van der Waals surface area (Å²) in [6.45, 7) is 13.8. The second-order valence-electron chi connectivity index (χ2n) is 28.8. The minimum Gasteiger partial charge on any atom is -0.463 e. The van der Waals surface area contributed by atoms with Crippen molar-refractivity contribution in [1.29, 1.82) is 0 Å². The van der Waals surface area contributed by atoms with Gasteiger partial charge in [-0.3, -0.25) is 59.1 Å². The Balaban J connectivity index is 0.000000132. The van der Waals surface area contributed by atoms with Crippen LogP contribution in [-0.4, -0.2) is 91.4 Å². The third-order valence-electron chi connectivity index (χ3n) is 21.6. The van der Waals surface area contributed by atoms with Gasteiger partial charge in [0.2, 0.25) is 0 Å². The summed E-state index contributed by atoms with van der Waals surface area (Å²) in [5, 5.41) is 64.4. The molecule has 1 radical (unpaired) electrons. The van der Waals surface area contributed by atoms with Gasteiger partial charge in [-0.15, -0.1) is 20.9 Å². The van der Waals surface area contributed by atoms with Crippen LogP contribution in [0.5, 0.6) is 0 Å². The number of esters is 1. The van der Waals surface area contributed by atoms with Gasteiger partial charge in [0, 0.05) is 192 Å². The van der Waals surface area contributed by atoms with E-state index < -0.39 is 20.7 Å². The summed E-state index contributed by atoms with van der Waals surface area (Å²) in [7, 11) is 0. The number of carbonyl (C=O) groups excluding carboxylic acids is 5. The van der Waals surface area contributed by atoms with E-state index in [4.69, 9.17) is 22.1 Å². The summed E-state index contributed by atoms with van der Waals surface area (Å²) in [6, 6.07) is 51.8. The van der Waals surface area contributed by atoms with Gasteiger partial charge in [0.1, 0.15) is 5.69 Å². The number of hydrogen-bond acceptors (Lipinski definition) is 20. The molecule has 601 valence electrons. The Labute approximate surface area is 737 Å². The Hall–Kier alpha value is -12.9. The second-order valence-corrected chi connectivity index (χ2v) is 31.0. The number of hydrogen-bond donors (Lipinski definition) is 3. The van der Waals surface area contributed by atoms with Crippen molar-refractivity contribution in [3.63, 3.8) is 0 Å². The molecule has 5 aliphatic rings. The smallest absolute Gasteiger partial charge is 0.334 e. The molecule has 0 aliphatic heterocycles. The van der Waals surface area contributed by atoms with E-state index >= 15 is 0 Å². The van der Waals surface area contributed by atoms with Gasteiger partial charge in [-0.2, -0.15) is 45.1 Å². The normalized spacial score (nSPS) is 11.9. The number of primary amides is 1. The first kappa shape index (κ1) is 86.0. The molecule has 18 rings (SSSR count). The van der Waals surface area contributed by atoms with Crippen LogP contribution in [0.1, 0.15) is 147 Å². The van der Waals surface area contributed by atoms with Crippen LogP contribution in [0.15, 0.2) is 188 Å².